The highest BCUT2D eigenvalue weighted by Crippen LogP contribution is 2.34. The standard InChI is InChI=1S/C17H15N3O3S/c1-10-6-18-7-13-12(10)5-17(20-13)24-8-16(21)19-11-2-3-14-15(4-11)23-9-22-14/h2-4,6-7H,5,8-9H2,1H3,(H,19,21). The summed E-state index contributed by atoms with van der Waals surface area (Å²) in [6.07, 6.45) is 4.38. The van der Waals surface area contributed by atoms with Gasteiger partial charge in [-0.3, -0.25) is 9.78 Å². The largest absolute Gasteiger partial charge is 0.454 e. The highest BCUT2D eigenvalue weighted by Gasteiger charge is 2.19. The van der Waals surface area contributed by atoms with Crippen LogP contribution in [0.3, 0.4) is 0 Å². The van der Waals surface area contributed by atoms with Crippen LogP contribution in [-0.4, -0.2) is 28.5 Å². The zero-order chi connectivity index (χ0) is 16.5. The maximum Gasteiger partial charge on any atom is 0.234 e. The smallest absolute Gasteiger partial charge is 0.234 e. The number of thioether (sulfide) groups is 1. The van der Waals surface area contributed by atoms with E-state index in [0.29, 0.717) is 22.9 Å². The van der Waals surface area contributed by atoms with Gasteiger partial charge in [0, 0.05) is 24.4 Å². The van der Waals surface area contributed by atoms with Crippen LogP contribution >= 0.6 is 11.8 Å². The number of aromatic nitrogens is 1. The molecule has 0 saturated heterocycles. The first kappa shape index (κ1) is 15.0. The molecule has 6 nitrogen and oxygen atoms in total. The Labute approximate surface area is 143 Å². The summed E-state index contributed by atoms with van der Waals surface area (Å²) >= 11 is 1.46. The van der Waals surface area contributed by atoms with Crippen LogP contribution in [0.25, 0.3) is 0 Å². The molecule has 7 heteroatoms. The van der Waals surface area contributed by atoms with Crippen molar-refractivity contribution >= 4 is 34.1 Å². The summed E-state index contributed by atoms with van der Waals surface area (Å²) in [4.78, 5) is 20.8. The van der Waals surface area contributed by atoms with E-state index in [-0.39, 0.29) is 12.7 Å². The van der Waals surface area contributed by atoms with Crippen molar-refractivity contribution in [2.24, 2.45) is 4.99 Å². The lowest BCUT2D eigenvalue weighted by atomic mass is 10.1. The molecule has 0 radical (unpaired) electrons. The predicted octanol–water partition coefficient (Wildman–Crippen LogP) is 3.08. The Morgan fingerprint density at radius 3 is 3.04 bits per heavy atom. The first-order valence-electron chi connectivity index (χ1n) is 7.52. The molecule has 0 atom stereocenters. The van der Waals surface area contributed by atoms with E-state index < -0.39 is 0 Å². The first-order valence-corrected chi connectivity index (χ1v) is 8.51. The number of aliphatic imine (C=N–C) groups is 1. The molecule has 0 unspecified atom stereocenters. The Hall–Kier alpha value is -2.54. The Balaban J connectivity index is 1.34. The molecule has 0 aliphatic carbocycles. The number of benzene rings is 1. The Kier molecular flexibility index (Phi) is 3.86. The highest BCUT2D eigenvalue weighted by atomic mass is 32.2. The number of carbonyl (C=O) groups is 1. The summed E-state index contributed by atoms with van der Waals surface area (Å²) in [6.45, 7) is 2.25. The number of ether oxygens (including phenoxy) is 2. The van der Waals surface area contributed by atoms with Gasteiger partial charge >= 0.3 is 0 Å². The van der Waals surface area contributed by atoms with Gasteiger partial charge in [0.2, 0.25) is 12.7 Å². The molecule has 0 bridgehead atoms. The lowest BCUT2D eigenvalue weighted by Gasteiger charge is -2.06. The van der Waals surface area contributed by atoms with Crippen molar-refractivity contribution in [3.63, 3.8) is 0 Å². The van der Waals surface area contributed by atoms with Gasteiger partial charge in [-0.05, 0) is 30.2 Å². The van der Waals surface area contributed by atoms with Gasteiger partial charge < -0.3 is 14.8 Å². The van der Waals surface area contributed by atoms with E-state index in [1.54, 1.807) is 24.4 Å². The third-order valence-electron chi connectivity index (χ3n) is 3.85. The fourth-order valence-corrected chi connectivity index (χ4v) is 3.41. The van der Waals surface area contributed by atoms with Crippen LogP contribution in [-0.2, 0) is 11.2 Å². The van der Waals surface area contributed by atoms with Crippen molar-refractivity contribution in [1.29, 1.82) is 0 Å². The molecule has 122 valence electrons. The minimum atomic E-state index is -0.0765. The molecule has 1 aromatic carbocycles. The number of anilines is 1. The molecule has 2 aliphatic heterocycles. The fraction of sp³-hybridized carbons (Fsp3) is 0.235. The third kappa shape index (κ3) is 2.94. The second kappa shape index (κ2) is 6.16. The predicted molar refractivity (Wildman–Crippen MR) is 93.4 cm³/mol. The van der Waals surface area contributed by atoms with Gasteiger partial charge in [0.05, 0.1) is 22.7 Å². The van der Waals surface area contributed by atoms with Crippen LogP contribution < -0.4 is 14.8 Å². The number of hydrogen-bond donors (Lipinski definition) is 1. The molecule has 0 fully saturated rings. The molecule has 0 saturated carbocycles. The van der Waals surface area contributed by atoms with Crippen LogP contribution in [0.5, 0.6) is 11.5 Å². The van der Waals surface area contributed by atoms with E-state index in [0.717, 1.165) is 22.7 Å². The molecule has 1 aromatic heterocycles. The molecule has 4 rings (SSSR count). The fourth-order valence-electron chi connectivity index (χ4n) is 2.63. The normalized spacial score (nSPS) is 14.3. The van der Waals surface area contributed by atoms with Crippen LogP contribution in [0, 0.1) is 6.92 Å². The van der Waals surface area contributed by atoms with E-state index in [1.807, 2.05) is 13.1 Å². The van der Waals surface area contributed by atoms with Gasteiger partial charge in [0.25, 0.3) is 0 Å². The van der Waals surface area contributed by atoms with Crippen LogP contribution in [0.4, 0.5) is 11.4 Å². The summed E-state index contributed by atoms with van der Waals surface area (Å²) in [7, 11) is 0. The zero-order valence-electron chi connectivity index (χ0n) is 13.0. The number of nitrogens with zero attached hydrogens (tertiary/aromatic N) is 2. The van der Waals surface area contributed by atoms with Gasteiger partial charge in [-0.15, -0.1) is 11.8 Å². The topological polar surface area (TPSA) is 72.8 Å². The SMILES string of the molecule is Cc1cncc2c1CC(SCC(=O)Nc1ccc3c(c1)OCO3)=N2. The summed E-state index contributed by atoms with van der Waals surface area (Å²) in [5.74, 6) is 1.59. The summed E-state index contributed by atoms with van der Waals surface area (Å²) in [5, 5.41) is 3.81. The number of rotatable bonds is 3. The molecule has 3 heterocycles. The van der Waals surface area contributed by atoms with Gasteiger partial charge in [-0.1, -0.05) is 0 Å². The summed E-state index contributed by atoms with van der Waals surface area (Å²) < 4.78 is 10.6. The number of carbonyl (C=O) groups excluding carboxylic acids is 1. The van der Waals surface area contributed by atoms with E-state index in [4.69, 9.17) is 9.47 Å². The lowest BCUT2D eigenvalue weighted by Crippen LogP contribution is -2.15. The van der Waals surface area contributed by atoms with Gasteiger partial charge in [0.1, 0.15) is 0 Å². The molecule has 2 aliphatic rings. The number of nitrogens with one attached hydrogen (secondary N) is 1. The van der Waals surface area contributed by atoms with E-state index in [9.17, 15) is 4.79 Å². The lowest BCUT2D eigenvalue weighted by molar-refractivity contribution is -0.113. The molecule has 1 N–H and O–H groups in total. The maximum atomic E-state index is 12.1. The van der Waals surface area contributed by atoms with Gasteiger partial charge in [0.15, 0.2) is 11.5 Å². The number of amides is 1. The average molecular weight is 341 g/mol. The second-order valence-electron chi connectivity index (χ2n) is 5.54. The zero-order valence-corrected chi connectivity index (χ0v) is 13.9. The maximum absolute atomic E-state index is 12.1. The Bertz CT molecular complexity index is 851. The van der Waals surface area contributed by atoms with E-state index >= 15 is 0 Å². The van der Waals surface area contributed by atoms with Crippen LogP contribution in [0.15, 0.2) is 35.6 Å². The molecule has 24 heavy (non-hydrogen) atoms. The van der Waals surface area contributed by atoms with Crippen LogP contribution in [0.2, 0.25) is 0 Å². The third-order valence-corrected chi connectivity index (χ3v) is 4.82. The molecular weight excluding hydrogens is 326 g/mol. The van der Waals surface area contributed by atoms with E-state index in [1.165, 1.54) is 17.3 Å². The highest BCUT2D eigenvalue weighted by molar-refractivity contribution is 8.14. The quantitative estimate of drug-likeness (QED) is 0.929. The van der Waals surface area contributed by atoms with Crippen molar-refractivity contribution < 1.29 is 14.3 Å². The van der Waals surface area contributed by atoms with Crippen molar-refractivity contribution in [1.82, 2.24) is 4.98 Å². The second-order valence-corrected chi connectivity index (χ2v) is 6.59. The van der Waals surface area contributed by atoms with Crippen molar-refractivity contribution in [2.75, 3.05) is 17.9 Å². The minimum absolute atomic E-state index is 0.0765. The number of aryl methyl sites for hydroxylation is 1. The van der Waals surface area contributed by atoms with Crippen molar-refractivity contribution in [3.8, 4) is 11.5 Å². The first-order chi connectivity index (χ1) is 11.7. The monoisotopic (exact) mass is 341 g/mol. The molecule has 0 spiro atoms. The minimum Gasteiger partial charge on any atom is -0.454 e. The summed E-state index contributed by atoms with van der Waals surface area (Å²) in [6, 6.07) is 5.36. The number of fused-ring (bicyclic) bond motifs is 2. The van der Waals surface area contributed by atoms with Crippen molar-refractivity contribution in [2.45, 2.75) is 13.3 Å². The molecule has 2 aromatic rings. The average Bonchev–Trinajstić information content (AvgIpc) is 3.19. The molecule has 1 amide bonds. The van der Waals surface area contributed by atoms with Gasteiger partial charge in [-0.2, -0.15) is 0 Å². The Morgan fingerprint density at radius 2 is 2.17 bits per heavy atom. The molecular formula is C17H15N3O3S. The van der Waals surface area contributed by atoms with E-state index in [2.05, 4.69) is 15.3 Å². The number of hydrogen-bond acceptors (Lipinski definition) is 6. The van der Waals surface area contributed by atoms with Gasteiger partial charge in [-0.25, -0.2) is 4.99 Å². The van der Waals surface area contributed by atoms with Crippen molar-refractivity contribution in [3.05, 3.63) is 41.7 Å². The Morgan fingerprint density at radius 1 is 1.29 bits per heavy atom. The van der Waals surface area contributed by atoms with Crippen LogP contribution in [0.1, 0.15) is 11.1 Å². The summed E-state index contributed by atoms with van der Waals surface area (Å²) in [5.41, 5.74) is 3.94. The number of pyridine rings is 1.